The summed E-state index contributed by atoms with van der Waals surface area (Å²) >= 11 is 6.11. The Kier molecular flexibility index (Phi) is 10.6. The molecule has 1 atom stereocenters. The molecule has 0 fully saturated rings. The second kappa shape index (κ2) is 12.8. The van der Waals surface area contributed by atoms with Crippen LogP contribution in [0, 0.1) is 12.8 Å². The predicted molar refractivity (Wildman–Crippen MR) is 142 cm³/mol. The van der Waals surface area contributed by atoms with Crippen LogP contribution in [0.1, 0.15) is 43.9 Å². The van der Waals surface area contributed by atoms with Crippen LogP contribution in [-0.4, -0.2) is 50.5 Å². The number of amides is 2. The van der Waals surface area contributed by atoms with E-state index in [2.05, 4.69) is 5.32 Å². The van der Waals surface area contributed by atoms with Gasteiger partial charge in [0.05, 0.1) is 22.5 Å². The van der Waals surface area contributed by atoms with Crippen molar-refractivity contribution in [3.05, 3.63) is 64.2 Å². The summed E-state index contributed by atoms with van der Waals surface area (Å²) in [5.74, 6) is -1.02. The molecular weight excluding hydrogens is 543 g/mol. The highest BCUT2D eigenvalue weighted by atomic mass is 35.5. The summed E-state index contributed by atoms with van der Waals surface area (Å²) in [4.78, 5) is 28.0. The number of nitrogens with one attached hydrogen (secondary N) is 1. The number of rotatable bonds is 11. The van der Waals surface area contributed by atoms with E-state index in [9.17, 15) is 31.2 Å². The fourth-order valence-corrected chi connectivity index (χ4v) is 4.91. The number of hydrogen-bond donors (Lipinski definition) is 1. The van der Waals surface area contributed by atoms with Gasteiger partial charge in [0, 0.05) is 13.1 Å². The van der Waals surface area contributed by atoms with Gasteiger partial charge in [0.15, 0.2) is 0 Å². The lowest BCUT2D eigenvalue weighted by Crippen LogP contribution is -2.52. The number of carbonyl (C=O) groups excluding carboxylic acids is 2. The highest BCUT2D eigenvalue weighted by Gasteiger charge is 2.35. The summed E-state index contributed by atoms with van der Waals surface area (Å²) < 4.78 is 66.1. The highest BCUT2D eigenvalue weighted by molar-refractivity contribution is 7.92. The molecule has 2 amide bonds. The van der Waals surface area contributed by atoms with E-state index in [0.29, 0.717) is 16.9 Å². The summed E-state index contributed by atoms with van der Waals surface area (Å²) in [6.45, 7) is 6.91. The first-order valence-corrected chi connectivity index (χ1v) is 14.2. The van der Waals surface area contributed by atoms with Gasteiger partial charge in [0.1, 0.15) is 12.6 Å². The summed E-state index contributed by atoms with van der Waals surface area (Å²) in [6.07, 6.45) is -3.76. The standard InChI is InChI=1S/C26H33ClF3N3O4S/c1-6-22(25(35)31-14-17(2)3)32(15-19-10-8-7-9-18(19)4)24(34)16-33(38(5,36)37)23-13-20(26(28,29)30)11-12-21(23)27/h7-13,17,22H,6,14-16H2,1-5H3,(H,31,35)/t22-/m0/s1. The number of hydrogen-bond acceptors (Lipinski definition) is 4. The van der Waals surface area contributed by atoms with Crippen LogP contribution in [0.15, 0.2) is 42.5 Å². The molecule has 0 radical (unpaired) electrons. The predicted octanol–water partition coefficient (Wildman–Crippen LogP) is 5.01. The van der Waals surface area contributed by atoms with Gasteiger partial charge in [-0.25, -0.2) is 8.42 Å². The first-order chi connectivity index (χ1) is 17.6. The van der Waals surface area contributed by atoms with Crippen molar-refractivity contribution in [1.29, 1.82) is 0 Å². The van der Waals surface area contributed by atoms with Gasteiger partial charge in [-0.3, -0.25) is 13.9 Å². The molecule has 0 aliphatic rings. The zero-order valence-corrected chi connectivity index (χ0v) is 23.5. The number of alkyl halides is 3. The van der Waals surface area contributed by atoms with Crippen LogP contribution in [0.25, 0.3) is 0 Å². The maximum atomic E-state index is 13.7. The van der Waals surface area contributed by atoms with E-state index in [-0.39, 0.29) is 23.9 Å². The Morgan fingerprint density at radius 1 is 1.11 bits per heavy atom. The van der Waals surface area contributed by atoms with Gasteiger partial charge in [-0.15, -0.1) is 0 Å². The molecule has 0 aromatic heterocycles. The molecule has 0 bridgehead atoms. The van der Waals surface area contributed by atoms with Crippen LogP contribution in [0.3, 0.4) is 0 Å². The van der Waals surface area contributed by atoms with E-state index in [1.807, 2.05) is 32.9 Å². The molecule has 210 valence electrons. The number of anilines is 1. The minimum Gasteiger partial charge on any atom is -0.354 e. The van der Waals surface area contributed by atoms with Crippen LogP contribution in [0.5, 0.6) is 0 Å². The van der Waals surface area contributed by atoms with Crippen molar-refractivity contribution >= 4 is 39.1 Å². The summed E-state index contributed by atoms with van der Waals surface area (Å²) in [7, 11) is -4.25. The van der Waals surface area contributed by atoms with Crippen molar-refractivity contribution in [3.8, 4) is 0 Å². The molecule has 7 nitrogen and oxygen atoms in total. The molecule has 12 heteroatoms. The topological polar surface area (TPSA) is 86.8 Å². The number of nitrogens with zero attached hydrogens (tertiary/aromatic N) is 2. The molecule has 2 rings (SSSR count). The lowest BCUT2D eigenvalue weighted by Gasteiger charge is -2.33. The monoisotopic (exact) mass is 575 g/mol. The molecular formula is C26H33ClF3N3O4S. The number of benzene rings is 2. The van der Waals surface area contributed by atoms with Crippen molar-refractivity contribution in [2.24, 2.45) is 5.92 Å². The van der Waals surface area contributed by atoms with Crippen LogP contribution < -0.4 is 9.62 Å². The Hall–Kier alpha value is -2.79. The van der Waals surface area contributed by atoms with Gasteiger partial charge in [0.2, 0.25) is 21.8 Å². The second-order valence-electron chi connectivity index (χ2n) is 9.44. The summed E-state index contributed by atoms with van der Waals surface area (Å²) in [5, 5.41) is 2.53. The van der Waals surface area contributed by atoms with Crippen LogP contribution >= 0.6 is 11.6 Å². The van der Waals surface area contributed by atoms with E-state index < -0.39 is 51.9 Å². The number of aryl methyl sites for hydroxylation is 1. The van der Waals surface area contributed by atoms with Crippen LogP contribution in [0.4, 0.5) is 18.9 Å². The van der Waals surface area contributed by atoms with Gasteiger partial charge in [-0.05, 0) is 48.6 Å². The second-order valence-corrected chi connectivity index (χ2v) is 11.8. The maximum absolute atomic E-state index is 13.7. The summed E-state index contributed by atoms with van der Waals surface area (Å²) in [5.41, 5.74) is -0.0117. The quantitative estimate of drug-likeness (QED) is 0.408. The minimum atomic E-state index is -4.76. The average Bonchev–Trinajstić information content (AvgIpc) is 2.81. The Morgan fingerprint density at radius 2 is 1.74 bits per heavy atom. The van der Waals surface area contributed by atoms with Gasteiger partial charge < -0.3 is 10.2 Å². The molecule has 0 spiro atoms. The van der Waals surface area contributed by atoms with Gasteiger partial charge >= 0.3 is 6.18 Å². The first kappa shape index (κ1) is 31.4. The third-order valence-corrected chi connectivity index (χ3v) is 7.34. The molecule has 2 aromatic rings. The molecule has 0 heterocycles. The van der Waals surface area contributed by atoms with E-state index >= 15 is 0 Å². The van der Waals surface area contributed by atoms with Gasteiger partial charge in [-0.2, -0.15) is 13.2 Å². The third kappa shape index (κ3) is 8.36. The highest BCUT2D eigenvalue weighted by Crippen LogP contribution is 2.36. The van der Waals surface area contributed by atoms with Crippen LogP contribution in [-0.2, 0) is 32.3 Å². The molecule has 0 aliphatic carbocycles. The van der Waals surface area contributed by atoms with Crippen molar-refractivity contribution in [1.82, 2.24) is 10.2 Å². The average molecular weight is 576 g/mol. The molecule has 1 N–H and O–H groups in total. The first-order valence-electron chi connectivity index (χ1n) is 12.0. The smallest absolute Gasteiger partial charge is 0.354 e. The zero-order chi connectivity index (χ0) is 28.8. The molecule has 0 saturated carbocycles. The van der Waals surface area contributed by atoms with E-state index in [1.165, 1.54) is 4.90 Å². The van der Waals surface area contributed by atoms with Crippen molar-refractivity contribution < 1.29 is 31.2 Å². The third-order valence-electron chi connectivity index (χ3n) is 5.89. The van der Waals surface area contributed by atoms with Crippen molar-refractivity contribution in [3.63, 3.8) is 0 Å². The maximum Gasteiger partial charge on any atom is 0.416 e. The van der Waals surface area contributed by atoms with E-state index in [4.69, 9.17) is 11.6 Å². The lowest BCUT2D eigenvalue weighted by molar-refractivity contribution is -0.140. The largest absolute Gasteiger partial charge is 0.416 e. The molecule has 0 saturated heterocycles. The number of halogens is 4. The minimum absolute atomic E-state index is 0.00691. The Bertz CT molecular complexity index is 1250. The zero-order valence-electron chi connectivity index (χ0n) is 22.0. The van der Waals surface area contributed by atoms with Crippen LogP contribution in [0.2, 0.25) is 5.02 Å². The molecule has 0 aliphatic heterocycles. The molecule has 38 heavy (non-hydrogen) atoms. The Morgan fingerprint density at radius 3 is 2.26 bits per heavy atom. The number of sulfonamides is 1. The SMILES string of the molecule is CC[C@@H](C(=O)NCC(C)C)N(Cc1ccccc1C)C(=O)CN(c1cc(C(F)(F)F)ccc1Cl)S(C)(=O)=O. The van der Waals surface area contributed by atoms with Gasteiger partial charge in [0.25, 0.3) is 0 Å². The molecule has 2 aromatic carbocycles. The van der Waals surface area contributed by atoms with Crippen molar-refractivity contribution in [2.75, 3.05) is 23.7 Å². The fourth-order valence-electron chi connectivity index (χ4n) is 3.79. The van der Waals surface area contributed by atoms with Gasteiger partial charge in [-0.1, -0.05) is 56.6 Å². The Balaban J connectivity index is 2.54. The van der Waals surface area contributed by atoms with E-state index in [0.717, 1.165) is 29.5 Å². The fraction of sp³-hybridized carbons (Fsp3) is 0.462. The number of carbonyl (C=O) groups is 2. The lowest BCUT2D eigenvalue weighted by atomic mass is 10.1. The molecule has 0 unspecified atom stereocenters. The van der Waals surface area contributed by atoms with E-state index in [1.54, 1.807) is 19.1 Å². The van der Waals surface area contributed by atoms with Crippen molar-refractivity contribution in [2.45, 2.75) is 52.9 Å². The Labute approximate surface area is 227 Å². The normalized spacial score (nSPS) is 12.8. The summed E-state index contributed by atoms with van der Waals surface area (Å²) in [6, 6.07) is 8.52.